The quantitative estimate of drug-likeness (QED) is 0.630. The van der Waals surface area contributed by atoms with E-state index in [1.54, 1.807) is 0 Å². The summed E-state index contributed by atoms with van der Waals surface area (Å²) in [6.07, 6.45) is 2.88. The van der Waals surface area contributed by atoms with E-state index in [4.69, 9.17) is 10.6 Å². The first-order chi connectivity index (χ1) is 8.22. The topological polar surface area (TPSA) is 47.3 Å². The molecular weight excluding hydrogens is 226 g/mol. The van der Waals surface area contributed by atoms with Crippen LogP contribution in [-0.2, 0) is 4.74 Å². The molecule has 0 amide bonds. The smallest absolute Gasteiger partial charge is 0.159 e. The van der Waals surface area contributed by atoms with Crippen LogP contribution in [0.4, 0.5) is 8.78 Å². The fraction of sp³-hybridized carbons (Fsp3) is 0.500. The highest BCUT2D eigenvalue weighted by Crippen LogP contribution is 2.26. The van der Waals surface area contributed by atoms with Gasteiger partial charge >= 0.3 is 0 Å². The molecule has 17 heavy (non-hydrogen) atoms. The van der Waals surface area contributed by atoms with E-state index in [2.05, 4.69) is 5.43 Å². The van der Waals surface area contributed by atoms with Crippen LogP contribution in [0.1, 0.15) is 30.9 Å². The first-order valence-electron chi connectivity index (χ1n) is 5.75. The minimum absolute atomic E-state index is 0.0846. The molecule has 0 radical (unpaired) electrons. The van der Waals surface area contributed by atoms with Gasteiger partial charge < -0.3 is 4.74 Å². The van der Waals surface area contributed by atoms with Crippen LogP contribution in [0.3, 0.4) is 0 Å². The number of nitrogens with two attached hydrogens (primary N) is 1. The Morgan fingerprint density at radius 1 is 1.29 bits per heavy atom. The molecule has 3 nitrogen and oxygen atoms in total. The van der Waals surface area contributed by atoms with Gasteiger partial charge in [-0.25, -0.2) is 8.78 Å². The number of hydrazine groups is 1. The fourth-order valence-corrected chi connectivity index (χ4v) is 2.15. The summed E-state index contributed by atoms with van der Waals surface area (Å²) in [5, 5.41) is 0. The lowest BCUT2D eigenvalue weighted by Gasteiger charge is -2.30. The van der Waals surface area contributed by atoms with Crippen molar-refractivity contribution < 1.29 is 13.5 Å². The van der Waals surface area contributed by atoms with Gasteiger partial charge in [0.25, 0.3) is 0 Å². The van der Waals surface area contributed by atoms with Gasteiger partial charge in [0.05, 0.1) is 12.1 Å². The number of rotatable bonds is 3. The Labute approximate surface area is 98.9 Å². The van der Waals surface area contributed by atoms with Gasteiger partial charge in [0.15, 0.2) is 11.6 Å². The summed E-state index contributed by atoms with van der Waals surface area (Å²) >= 11 is 0. The summed E-state index contributed by atoms with van der Waals surface area (Å²) < 4.78 is 31.6. The van der Waals surface area contributed by atoms with Crippen LogP contribution in [0.2, 0.25) is 0 Å². The van der Waals surface area contributed by atoms with Gasteiger partial charge in [-0.05, 0) is 37.0 Å². The zero-order chi connectivity index (χ0) is 12.3. The highest BCUT2D eigenvalue weighted by Gasteiger charge is 2.25. The molecular formula is C12H16F2N2O. The van der Waals surface area contributed by atoms with Gasteiger partial charge in [-0.3, -0.25) is 11.3 Å². The van der Waals surface area contributed by atoms with Crippen molar-refractivity contribution in [2.75, 3.05) is 6.61 Å². The van der Waals surface area contributed by atoms with Gasteiger partial charge in [0.1, 0.15) is 0 Å². The highest BCUT2D eigenvalue weighted by molar-refractivity contribution is 5.22. The van der Waals surface area contributed by atoms with Crippen molar-refractivity contribution in [1.82, 2.24) is 5.43 Å². The average Bonchev–Trinajstić information content (AvgIpc) is 2.36. The molecule has 1 aliphatic heterocycles. The third-order valence-electron chi connectivity index (χ3n) is 3.07. The molecule has 0 bridgehead atoms. The maximum absolute atomic E-state index is 13.2. The molecule has 5 heteroatoms. The van der Waals surface area contributed by atoms with Crippen LogP contribution in [0, 0.1) is 11.6 Å². The highest BCUT2D eigenvalue weighted by atomic mass is 19.2. The second-order valence-corrected chi connectivity index (χ2v) is 4.22. The van der Waals surface area contributed by atoms with Crippen LogP contribution < -0.4 is 11.3 Å². The summed E-state index contributed by atoms with van der Waals surface area (Å²) in [7, 11) is 0. The second kappa shape index (κ2) is 5.53. The van der Waals surface area contributed by atoms with Crippen molar-refractivity contribution >= 4 is 0 Å². The Morgan fingerprint density at radius 3 is 2.71 bits per heavy atom. The van der Waals surface area contributed by atoms with Crippen molar-refractivity contribution in [1.29, 1.82) is 0 Å². The van der Waals surface area contributed by atoms with Gasteiger partial charge in [-0.15, -0.1) is 0 Å². The Kier molecular flexibility index (Phi) is 4.04. The third-order valence-corrected chi connectivity index (χ3v) is 3.07. The van der Waals surface area contributed by atoms with E-state index < -0.39 is 11.6 Å². The Hall–Kier alpha value is -1.04. The number of ether oxygens (including phenoxy) is 1. The molecule has 3 N–H and O–H groups in total. The Morgan fingerprint density at radius 2 is 2.12 bits per heavy atom. The Bertz CT molecular complexity index is 381. The van der Waals surface area contributed by atoms with E-state index in [0.717, 1.165) is 31.4 Å². The van der Waals surface area contributed by atoms with Gasteiger partial charge in [-0.2, -0.15) is 0 Å². The largest absolute Gasteiger partial charge is 0.376 e. The predicted molar refractivity (Wildman–Crippen MR) is 60.0 cm³/mol. The van der Waals surface area contributed by atoms with Crippen LogP contribution in [0.5, 0.6) is 0 Å². The zero-order valence-electron chi connectivity index (χ0n) is 9.46. The molecule has 1 saturated heterocycles. The molecule has 0 spiro atoms. The van der Waals surface area contributed by atoms with Crippen molar-refractivity contribution in [2.24, 2.45) is 5.84 Å². The molecule has 94 valence electrons. The monoisotopic (exact) mass is 242 g/mol. The van der Waals surface area contributed by atoms with Gasteiger partial charge in [0.2, 0.25) is 0 Å². The van der Waals surface area contributed by atoms with E-state index >= 15 is 0 Å². The van der Waals surface area contributed by atoms with Crippen LogP contribution in [-0.4, -0.2) is 12.7 Å². The van der Waals surface area contributed by atoms with Gasteiger partial charge in [0, 0.05) is 6.61 Å². The van der Waals surface area contributed by atoms with Gasteiger partial charge in [-0.1, -0.05) is 6.07 Å². The van der Waals surface area contributed by atoms with Crippen LogP contribution >= 0.6 is 0 Å². The molecule has 1 heterocycles. The lowest BCUT2D eigenvalue weighted by molar-refractivity contribution is -0.00828. The van der Waals surface area contributed by atoms with E-state index in [1.165, 1.54) is 6.07 Å². The maximum atomic E-state index is 13.2. The molecule has 1 aromatic carbocycles. The Balaban J connectivity index is 2.18. The average molecular weight is 242 g/mol. The maximum Gasteiger partial charge on any atom is 0.159 e. The summed E-state index contributed by atoms with van der Waals surface area (Å²) in [5.41, 5.74) is 3.23. The van der Waals surface area contributed by atoms with E-state index in [1.807, 2.05) is 0 Å². The normalized spacial score (nSPS) is 22.4. The van der Waals surface area contributed by atoms with E-state index in [0.29, 0.717) is 12.2 Å². The van der Waals surface area contributed by atoms with Crippen molar-refractivity contribution in [3.8, 4) is 0 Å². The zero-order valence-corrected chi connectivity index (χ0v) is 9.46. The van der Waals surface area contributed by atoms with E-state index in [-0.39, 0.29) is 12.1 Å². The molecule has 0 aromatic heterocycles. The van der Waals surface area contributed by atoms with Crippen molar-refractivity contribution in [3.63, 3.8) is 0 Å². The van der Waals surface area contributed by atoms with Crippen molar-refractivity contribution in [3.05, 3.63) is 35.4 Å². The van der Waals surface area contributed by atoms with Crippen LogP contribution in [0.15, 0.2) is 18.2 Å². The number of hydrogen-bond donors (Lipinski definition) is 2. The minimum Gasteiger partial charge on any atom is -0.376 e. The number of hydrogen-bond acceptors (Lipinski definition) is 3. The molecule has 2 rings (SSSR count). The number of nitrogens with one attached hydrogen (secondary N) is 1. The minimum atomic E-state index is -0.862. The molecule has 2 atom stereocenters. The predicted octanol–water partition coefficient (Wildman–Crippen LogP) is 2.04. The lowest BCUT2D eigenvalue weighted by Crippen LogP contribution is -2.39. The first kappa shape index (κ1) is 12.4. The summed E-state index contributed by atoms with van der Waals surface area (Å²) in [6, 6.07) is 3.50. The van der Waals surface area contributed by atoms with Crippen molar-refractivity contribution in [2.45, 2.75) is 31.4 Å². The molecule has 2 unspecified atom stereocenters. The molecule has 1 aliphatic rings. The number of benzene rings is 1. The molecule has 0 aliphatic carbocycles. The first-order valence-corrected chi connectivity index (χ1v) is 5.75. The third kappa shape index (κ3) is 2.80. The molecule has 0 saturated carbocycles. The summed E-state index contributed by atoms with van der Waals surface area (Å²) in [4.78, 5) is 0. The summed E-state index contributed by atoms with van der Waals surface area (Å²) in [6.45, 7) is 0.687. The van der Waals surface area contributed by atoms with E-state index in [9.17, 15) is 8.78 Å². The second-order valence-electron chi connectivity index (χ2n) is 4.22. The fourth-order valence-electron chi connectivity index (χ4n) is 2.15. The molecule has 1 fully saturated rings. The van der Waals surface area contributed by atoms with Crippen LogP contribution in [0.25, 0.3) is 0 Å². The SMILES string of the molecule is NNC(c1ccc(F)c(F)c1)C1CCCCO1. The lowest BCUT2D eigenvalue weighted by atomic mass is 9.96. The summed E-state index contributed by atoms with van der Waals surface area (Å²) in [5.74, 6) is 3.76. The standard InChI is InChI=1S/C12H16F2N2O/c13-9-5-4-8(7-10(9)14)12(16-15)11-3-1-2-6-17-11/h4-5,7,11-12,16H,1-3,6,15H2. The molecule has 1 aromatic rings. The number of halogens is 2.